The minimum Gasteiger partial charge on any atom is -0.388 e. The Kier molecular flexibility index (Phi) is 6.20. The van der Waals surface area contributed by atoms with E-state index < -0.39 is 0 Å². The second kappa shape index (κ2) is 6.95. The van der Waals surface area contributed by atoms with E-state index in [1.54, 1.807) is 19.2 Å². The van der Waals surface area contributed by atoms with E-state index in [0.717, 1.165) is 5.69 Å². The predicted octanol–water partition coefficient (Wildman–Crippen LogP) is 2.11. The van der Waals surface area contributed by atoms with Crippen molar-refractivity contribution >= 4 is 11.6 Å². The fraction of sp³-hybridized carbons (Fsp3) is 0.364. The van der Waals surface area contributed by atoms with Gasteiger partial charge in [-0.2, -0.15) is 0 Å². The van der Waals surface area contributed by atoms with Gasteiger partial charge in [-0.3, -0.25) is 4.79 Å². The van der Waals surface area contributed by atoms with Crippen LogP contribution < -0.4 is 10.6 Å². The lowest BCUT2D eigenvalue weighted by molar-refractivity contribution is 0.0963. The third-order valence-electron chi connectivity index (χ3n) is 1.66. The topological polar surface area (TPSA) is 41.1 Å². The molecule has 0 aliphatic carbocycles. The Bertz CT molecular complexity index is 267. The zero-order chi connectivity index (χ0) is 11.0. The van der Waals surface area contributed by atoms with Gasteiger partial charge in [0, 0.05) is 25.3 Å². The molecule has 0 aliphatic heterocycles. The summed E-state index contributed by atoms with van der Waals surface area (Å²) in [5, 5.41) is 5.54. The number of carbonyl (C=O) groups excluding carboxylic acids is 1. The number of benzene rings is 1. The normalized spacial score (nSPS) is 8.29. The first-order chi connectivity index (χ1) is 6.77. The van der Waals surface area contributed by atoms with Crippen molar-refractivity contribution in [2.45, 2.75) is 13.8 Å². The molecule has 0 heterocycles. The molecule has 0 aromatic heterocycles. The van der Waals surface area contributed by atoms with Crippen LogP contribution in [0.3, 0.4) is 0 Å². The lowest BCUT2D eigenvalue weighted by Gasteiger charge is -2.01. The zero-order valence-electron chi connectivity index (χ0n) is 9.22. The summed E-state index contributed by atoms with van der Waals surface area (Å²) in [6, 6.07) is 7.30. The highest BCUT2D eigenvalue weighted by atomic mass is 16.1. The third-order valence-corrected chi connectivity index (χ3v) is 1.66. The molecule has 0 atom stereocenters. The average Bonchev–Trinajstić information content (AvgIpc) is 2.31. The summed E-state index contributed by atoms with van der Waals surface area (Å²) < 4.78 is 0. The van der Waals surface area contributed by atoms with Gasteiger partial charge >= 0.3 is 0 Å². The number of anilines is 1. The van der Waals surface area contributed by atoms with E-state index in [0.29, 0.717) is 5.56 Å². The second-order valence-corrected chi connectivity index (χ2v) is 2.41. The molecule has 1 amide bonds. The van der Waals surface area contributed by atoms with Crippen molar-refractivity contribution in [2.75, 3.05) is 19.4 Å². The van der Waals surface area contributed by atoms with Crippen LogP contribution >= 0.6 is 0 Å². The Balaban J connectivity index is 0.000000791. The van der Waals surface area contributed by atoms with Gasteiger partial charge in [0.25, 0.3) is 5.91 Å². The van der Waals surface area contributed by atoms with Crippen LogP contribution in [0.1, 0.15) is 24.2 Å². The summed E-state index contributed by atoms with van der Waals surface area (Å²) in [6.45, 7) is 4.00. The van der Waals surface area contributed by atoms with Crippen LogP contribution in [-0.2, 0) is 0 Å². The molecule has 1 rings (SSSR count). The number of rotatable bonds is 2. The van der Waals surface area contributed by atoms with E-state index >= 15 is 0 Å². The zero-order valence-corrected chi connectivity index (χ0v) is 9.22. The first kappa shape index (κ1) is 12.5. The summed E-state index contributed by atoms with van der Waals surface area (Å²) in [5.41, 5.74) is 1.68. The van der Waals surface area contributed by atoms with Gasteiger partial charge in [0.2, 0.25) is 0 Å². The van der Waals surface area contributed by atoms with Crippen LogP contribution in [0.5, 0.6) is 0 Å². The predicted molar refractivity (Wildman–Crippen MR) is 60.7 cm³/mol. The molecule has 14 heavy (non-hydrogen) atoms. The van der Waals surface area contributed by atoms with Crippen molar-refractivity contribution in [3.63, 3.8) is 0 Å². The molecule has 0 radical (unpaired) electrons. The molecule has 3 heteroatoms. The smallest absolute Gasteiger partial charge is 0.251 e. The van der Waals surface area contributed by atoms with E-state index in [2.05, 4.69) is 10.6 Å². The summed E-state index contributed by atoms with van der Waals surface area (Å²) in [6.07, 6.45) is 0. The molecular weight excluding hydrogens is 176 g/mol. The van der Waals surface area contributed by atoms with Gasteiger partial charge in [0.15, 0.2) is 0 Å². The van der Waals surface area contributed by atoms with Gasteiger partial charge < -0.3 is 10.6 Å². The maximum absolute atomic E-state index is 11.1. The first-order valence-corrected chi connectivity index (χ1v) is 4.78. The highest BCUT2D eigenvalue weighted by Crippen LogP contribution is 2.07. The molecule has 0 saturated carbocycles. The summed E-state index contributed by atoms with van der Waals surface area (Å²) >= 11 is 0. The number of hydrogen-bond acceptors (Lipinski definition) is 2. The fourth-order valence-electron chi connectivity index (χ4n) is 0.933. The van der Waals surface area contributed by atoms with Gasteiger partial charge in [-0.25, -0.2) is 0 Å². The van der Waals surface area contributed by atoms with Crippen molar-refractivity contribution in [1.82, 2.24) is 5.32 Å². The Labute approximate surface area is 85.5 Å². The minimum atomic E-state index is -0.0577. The van der Waals surface area contributed by atoms with E-state index in [1.807, 2.05) is 33.0 Å². The maximum Gasteiger partial charge on any atom is 0.251 e. The number of amides is 1. The number of nitrogens with one attached hydrogen (secondary N) is 2. The van der Waals surface area contributed by atoms with Crippen LogP contribution in [0.15, 0.2) is 24.3 Å². The Morgan fingerprint density at radius 2 is 1.57 bits per heavy atom. The van der Waals surface area contributed by atoms with E-state index in [9.17, 15) is 4.79 Å². The molecule has 78 valence electrons. The molecule has 3 nitrogen and oxygen atoms in total. The van der Waals surface area contributed by atoms with E-state index in [-0.39, 0.29) is 5.91 Å². The molecule has 2 N–H and O–H groups in total. The lowest BCUT2D eigenvalue weighted by atomic mass is 10.2. The standard InChI is InChI=1S/C9H12N2O.C2H6/c1-10-8-5-3-7(4-6-8)9(12)11-2;1-2/h3-6,10H,1-2H3,(H,11,12);1-2H3. The summed E-state index contributed by atoms with van der Waals surface area (Å²) in [5.74, 6) is -0.0577. The van der Waals surface area contributed by atoms with Crippen LogP contribution in [0.4, 0.5) is 5.69 Å². The van der Waals surface area contributed by atoms with Crippen LogP contribution in [0.25, 0.3) is 0 Å². The summed E-state index contributed by atoms with van der Waals surface area (Å²) in [4.78, 5) is 11.1. The summed E-state index contributed by atoms with van der Waals surface area (Å²) in [7, 11) is 3.46. The van der Waals surface area contributed by atoms with Gasteiger partial charge in [-0.05, 0) is 24.3 Å². The monoisotopic (exact) mass is 194 g/mol. The van der Waals surface area contributed by atoms with E-state index in [4.69, 9.17) is 0 Å². The third kappa shape index (κ3) is 3.47. The van der Waals surface area contributed by atoms with Crippen molar-refractivity contribution in [3.05, 3.63) is 29.8 Å². The van der Waals surface area contributed by atoms with Crippen molar-refractivity contribution in [1.29, 1.82) is 0 Å². The Morgan fingerprint density at radius 1 is 1.07 bits per heavy atom. The van der Waals surface area contributed by atoms with Gasteiger partial charge in [-0.1, -0.05) is 13.8 Å². The molecule has 0 spiro atoms. The van der Waals surface area contributed by atoms with Crippen LogP contribution in [0.2, 0.25) is 0 Å². The molecule has 1 aromatic carbocycles. The average molecular weight is 194 g/mol. The van der Waals surface area contributed by atoms with E-state index in [1.165, 1.54) is 0 Å². The molecule has 0 saturated heterocycles. The molecule has 0 fully saturated rings. The molecule has 1 aromatic rings. The highest BCUT2D eigenvalue weighted by Gasteiger charge is 2.00. The molecule has 0 aliphatic rings. The SMILES string of the molecule is CC.CNC(=O)c1ccc(NC)cc1. The quantitative estimate of drug-likeness (QED) is 0.757. The first-order valence-electron chi connectivity index (χ1n) is 4.78. The second-order valence-electron chi connectivity index (χ2n) is 2.41. The van der Waals surface area contributed by atoms with Crippen molar-refractivity contribution in [3.8, 4) is 0 Å². The molecule has 0 bridgehead atoms. The van der Waals surface area contributed by atoms with Crippen LogP contribution in [-0.4, -0.2) is 20.0 Å². The van der Waals surface area contributed by atoms with Crippen LogP contribution in [0, 0.1) is 0 Å². The minimum absolute atomic E-state index is 0.0577. The lowest BCUT2D eigenvalue weighted by Crippen LogP contribution is -2.17. The van der Waals surface area contributed by atoms with Gasteiger partial charge in [0.1, 0.15) is 0 Å². The van der Waals surface area contributed by atoms with Gasteiger partial charge in [0.05, 0.1) is 0 Å². The Hall–Kier alpha value is -1.51. The molecule has 0 unspecified atom stereocenters. The van der Waals surface area contributed by atoms with Crippen molar-refractivity contribution < 1.29 is 4.79 Å². The van der Waals surface area contributed by atoms with Gasteiger partial charge in [-0.15, -0.1) is 0 Å². The molecular formula is C11H18N2O. The fourth-order valence-corrected chi connectivity index (χ4v) is 0.933. The number of hydrogen-bond donors (Lipinski definition) is 2. The maximum atomic E-state index is 11.1. The Morgan fingerprint density at radius 3 is 1.93 bits per heavy atom. The largest absolute Gasteiger partial charge is 0.388 e. The number of carbonyl (C=O) groups is 1. The van der Waals surface area contributed by atoms with Crippen molar-refractivity contribution in [2.24, 2.45) is 0 Å². The highest BCUT2D eigenvalue weighted by molar-refractivity contribution is 5.94.